The van der Waals surface area contributed by atoms with Crippen LogP contribution in [0.3, 0.4) is 0 Å². The fraction of sp³-hybridized carbons (Fsp3) is 0.833. The van der Waals surface area contributed by atoms with Crippen molar-refractivity contribution in [1.82, 2.24) is 10.6 Å². The predicted molar refractivity (Wildman–Crippen MR) is 68.3 cm³/mol. The molecule has 0 saturated carbocycles. The summed E-state index contributed by atoms with van der Waals surface area (Å²) in [5.74, 6) is -0.882. The molecule has 0 radical (unpaired) electrons. The quantitative estimate of drug-likeness (QED) is 0.568. The molecule has 6 heteroatoms. The molecular weight excluding hydrogens is 236 g/mol. The van der Waals surface area contributed by atoms with Gasteiger partial charge in [-0.25, -0.2) is 9.59 Å². The molecule has 2 amide bonds. The Kier molecular flexibility index (Phi) is 6.68. The van der Waals surface area contributed by atoms with E-state index < -0.39 is 18.0 Å². The summed E-state index contributed by atoms with van der Waals surface area (Å²) in [5, 5.41) is 22.4. The molecule has 0 fully saturated rings. The smallest absolute Gasteiger partial charge is 0.326 e. The largest absolute Gasteiger partial charge is 0.480 e. The number of carboxylic acid groups (broad SMARTS) is 1. The Morgan fingerprint density at radius 1 is 1.28 bits per heavy atom. The Morgan fingerprint density at radius 3 is 2.22 bits per heavy atom. The first-order valence-electron chi connectivity index (χ1n) is 6.06. The Morgan fingerprint density at radius 2 is 1.83 bits per heavy atom. The van der Waals surface area contributed by atoms with Crippen LogP contribution in [0.1, 0.15) is 34.1 Å². The van der Waals surface area contributed by atoms with Gasteiger partial charge in [-0.3, -0.25) is 0 Å². The van der Waals surface area contributed by atoms with Crippen molar-refractivity contribution in [3.05, 3.63) is 0 Å². The summed E-state index contributed by atoms with van der Waals surface area (Å²) in [6.45, 7) is 8.42. The third-order valence-corrected chi connectivity index (χ3v) is 3.07. The van der Waals surface area contributed by atoms with Crippen LogP contribution >= 0.6 is 0 Å². The van der Waals surface area contributed by atoms with Crippen molar-refractivity contribution in [1.29, 1.82) is 0 Å². The minimum Gasteiger partial charge on any atom is -0.480 e. The highest BCUT2D eigenvalue weighted by molar-refractivity contribution is 5.82. The van der Waals surface area contributed by atoms with E-state index in [-0.39, 0.29) is 24.4 Å². The van der Waals surface area contributed by atoms with Crippen LogP contribution in [-0.2, 0) is 4.79 Å². The zero-order valence-electron chi connectivity index (χ0n) is 11.5. The Labute approximate surface area is 108 Å². The van der Waals surface area contributed by atoms with Gasteiger partial charge in [0.25, 0.3) is 0 Å². The number of hydrogen-bond donors (Lipinski definition) is 4. The molecule has 0 aliphatic heterocycles. The Balaban J connectivity index is 4.14. The summed E-state index contributed by atoms with van der Waals surface area (Å²) in [5.41, 5.74) is 0.0740. The van der Waals surface area contributed by atoms with E-state index in [9.17, 15) is 9.59 Å². The van der Waals surface area contributed by atoms with Crippen LogP contribution in [-0.4, -0.2) is 41.4 Å². The van der Waals surface area contributed by atoms with Gasteiger partial charge in [0.15, 0.2) is 0 Å². The lowest BCUT2D eigenvalue weighted by molar-refractivity contribution is -0.139. The number of amides is 2. The number of carbonyl (C=O) groups excluding carboxylic acids is 1. The van der Waals surface area contributed by atoms with Crippen LogP contribution in [0.4, 0.5) is 4.79 Å². The number of rotatable bonds is 6. The first-order chi connectivity index (χ1) is 8.18. The average molecular weight is 260 g/mol. The molecule has 0 aromatic heterocycles. The molecule has 0 aromatic carbocycles. The first-order valence-corrected chi connectivity index (χ1v) is 6.06. The number of nitrogens with one attached hydrogen (secondary N) is 2. The maximum absolute atomic E-state index is 11.5. The highest BCUT2D eigenvalue weighted by Crippen LogP contribution is 2.24. The first kappa shape index (κ1) is 16.7. The van der Waals surface area contributed by atoms with Crippen LogP contribution in [0.25, 0.3) is 0 Å². The lowest BCUT2D eigenvalue weighted by Gasteiger charge is -2.27. The van der Waals surface area contributed by atoms with Crippen LogP contribution in [0.15, 0.2) is 0 Å². The second-order valence-corrected chi connectivity index (χ2v) is 5.52. The van der Waals surface area contributed by atoms with Crippen molar-refractivity contribution in [2.24, 2.45) is 11.3 Å². The van der Waals surface area contributed by atoms with Gasteiger partial charge in [0.1, 0.15) is 6.04 Å². The van der Waals surface area contributed by atoms with Crippen molar-refractivity contribution < 1.29 is 19.8 Å². The highest BCUT2D eigenvalue weighted by atomic mass is 16.4. The number of carbonyl (C=O) groups is 2. The van der Waals surface area contributed by atoms with E-state index in [1.54, 1.807) is 0 Å². The van der Waals surface area contributed by atoms with Gasteiger partial charge in [-0.15, -0.1) is 0 Å². The van der Waals surface area contributed by atoms with E-state index in [1.807, 2.05) is 6.92 Å². The van der Waals surface area contributed by atoms with Crippen molar-refractivity contribution in [2.45, 2.75) is 40.2 Å². The van der Waals surface area contributed by atoms with Gasteiger partial charge in [-0.2, -0.15) is 0 Å². The van der Waals surface area contributed by atoms with Gasteiger partial charge in [0.2, 0.25) is 0 Å². The van der Waals surface area contributed by atoms with Gasteiger partial charge in [-0.05, 0) is 11.3 Å². The van der Waals surface area contributed by atoms with E-state index in [0.717, 1.165) is 0 Å². The van der Waals surface area contributed by atoms with E-state index in [1.165, 1.54) is 0 Å². The minimum atomic E-state index is -1.15. The summed E-state index contributed by atoms with van der Waals surface area (Å²) in [6, 6.07) is -1.58. The van der Waals surface area contributed by atoms with Gasteiger partial charge in [-0.1, -0.05) is 27.7 Å². The van der Waals surface area contributed by atoms with E-state index >= 15 is 0 Å². The number of urea groups is 1. The molecule has 4 N–H and O–H groups in total. The number of carboxylic acids is 1. The van der Waals surface area contributed by atoms with Crippen molar-refractivity contribution in [3.63, 3.8) is 0 Å². The average Bonchev–Trinajstić information content (AvgIpc) is 2.23. The molecule has 6 nitrogen and oxygen atoms in total. The fourth-order valence-electron chi connectivity index (χ4n) is 1.15. The molecule has 18 heavy (non-hydrogen) atoms. The highest BCUT2D eigenvalue weighted by Gasteiger charge is 2.22. The Hall–Kier alpha value is -1.30. The second-order valence-electron chi connectivity index (χ2n) is 5.52. The molecule has 0 saturated heterocycles. The normalized spacial score (nSPS) is 14.7. The van der Waals surface area contributed by atoms with Crippen LogP contribution in [0.2, 0.25) is 0 Å². The topological polar surface area (TPSA) is 98.7 Å². The molecule has 1 unspecified atom stereocenters. The maximum atomic E-state index is 11.5. The van der Waals surface area contributed by atoms with E-state index in [0.29, 0.717) is 6.54 Å². The SMILES string of the molecule is CC(CNC(=O)N[C@@H](CCO)C(=O)O)C(C)(C)C. The zero-order valence-corrected chi connectivity index (χ0v) is 11.5. The minimum absolute atomic E-state index is 0.00240. The predicted octanol–water partition coefficient (Wildman–Crippen LogP) is 0.803. The maximum Gasteiger partial charge on any atom is 0.326 e. The van der Waals surface area contributed by atoms with Crippen LogP contribution in [0, 0.1) is 11.3 Å². The summed E-state index contributed by atoms with van der Waals surface area (Å²) in [7, 11) is 0. The Bertz CT molecular complexity index is 286. The molecule has 0 aliphatic carbocycles. The molecule has 0 bridgehead atoms. The summed E-state index contributed by atoms with van der Waals surface area (Å²) in [6.07, 6.45) is -0.00240. The standard InChI is InChI=1S/C12H24N2O4/c1-8(12(2,3)4)7-13-11(18)14-9(5-6-15)10(16)17/h8-9,15H,5-7H2,1-4H3,(H,16,17)(H2,13,14,18)/t8?,9-/m0/s1. The third kappa shape index (κ3) is 6.44. The lowest BCUT2D eigenvalue weighted by atomic mass is 9.82. The molecule has 0 heterocycles. The van der Waals surface area contributed by atoms with Gasteiger partial charge in [0.05, 0.1) is 0 Å². The zero-order chi connectivity index (χ0) is 14.3. The molecular formula is C12H24N2O4. The molecule has 0 spiro atoms. The van der Waals surface area contributed by atoms with Gasteiger partial charge >= 0.3 is 12.0 Å². The number of aliphatic hydroxyl groups is 1. The van der Waals surface area contributed by atoms with Gasteiger partial charge in [0, 0.05) is 19.6 Å². The monoisotopic (exact) mass is 260 g/mol. The fourth-order valence-corrected chi connectivity index (χ4v) is 1.15. The van der Waals surface area contributed by atoms with Crippen LogP contribution < -0.4 is 10.6 Å². The van der Waals surface area contributed by atoms with Gasteiger partial charge < -0.3 is 20.8 Å². The van der Waals surface area contributed by atoms with Crippen LogP contribution in [0.5, 0.6) is 0 Å². The molecule has 106 valence electrons. The van der Waals surface area contributed by atoms with Crippen molar-refractivity contribution >= 4 is 12.0 Å². The molecule has 2 atom stereocenters. The van der Waals surface area contributed by atoms with E-state index in [4.69, 9.17) is 10.2 Å². The number of hydrogen-bond acceptors (Lipinski definition) is 3. The summed E-state index contributed by atoms with van der Waals surface area (Å²) >= 11 is 0. The van der Waals surface area contributed by atoms with Crippen molar-refractivity contribution in [2.75, 3.05) is 13.2 Å². The molecule has 0 rings (SSSR count). The molecule has 0 aliphatic rings. The summed E-state index contributed by atoms with van der Waals surface area (Å²) in [4.78, 5) is 22.3. The second kappa shape index (κ2) is 7.20. The number of aliphatic hydroxyl groups excluding tert-OH is 1. The summed E-state index contributed by atoms with van der Waals surface area (Å²) < 4.78 is 0. The third-order valence-electron chi connectivity index (χ3n) is 3.07. The molecule has 0 aromatic rings. The number of aliphatic carboxylic acids is 1. The van der Waals surface area contributed by atoms with E-state index in [2.05, 4.69) is 31.4 Å². The van der Waals surface area contributed by atoms with Crippen molar-refractivity contribution in [3.8, 4) is 0 Å². The lowest BCUT2D eigenvalue weighted by Crippen LogP contribution is -2.48.